The predicted molar refractivity (Wildman–Crippen MR) is 82.5 cm³/mol. The highest BCUT2D eigenvalue weighted by atomic mass is 19.4. The minimum atomic E-state index is -4.47. The summed E-state index contributed by atoms with van der Waals surface area (Å²) in [5, 5.41) is 11.3. The number of nitrogens with zero attached hydrogens (tertiary/aromatic N) is 3. The quantitative estimate of drug-likeness (QED) is 0.794. The van der Waals surface area contributed by atoms with Gasteiger partial charge in [-0.1, -0.05) is 0 Å². The summed E-state index contributed by atoms with van der Waals surface area (Å²) in [6.45, 7) is 4.98. The molecule has 2 aromatic heterocycles. The number of benzene rings is 1. The molecule has 0 spiro atoms. The molecule has 0 aliphatic rings. The zero-order valence-electron chi connectivity index (χ0n) is 13.3. The Morgan fingerprint density at radius 2 is 2.00 bits per heavy atom. The largest absolute Gasteiger partial charge is 0.416 e. The van der Waals surface area contributed by atoms with E-state index in [0.717, 1.165) is 12.1 Å². The first-order chi connectivity index (χ1) is 11.2. The number of nitrogens with one attached hydrogen (secondary N) is 1. The maximum atomic E-state index is 13.2. The van der Waals surface area contributed by atoms with Crippen molar-refractivity contribution in [1.29, 1.82) is 0 Å². The lowest BCUT2D eigenvalue weighted by atomic mass is 9.97. The molecule has 3 aromatic rings. The Kier molecular flexibility index (Phi) is 3.70. The number of aryl methyl sites for hydroxylation is 1. The van der Waals surface area contributed by atoms with Crippen LogP contribution in [0.25, 0.3) is 22.0 Å². The fourth-order valence-electron chi connectivity index (χ4n) is 2.87. The molecule has 0 saturated carbocycles. The molecule has 126 valence electrons. The molecule has 2 heterocycles. The Balaban J connectivity index is 2.28. The normalized spacial score (nSPS) is 12.1. The number of carbonyl (C=O) groups is 1. The fourth-order valence-corrected chi connectivity index (χ4v) is 2.87. The van der Waals surface area contributed by atoms with Gasteiger partial charge in [0.2, 0.25) is 0 Å². The van der Waals surface area contributed by atoms with Crippen LogP contribution in [0, 0.1) is 13.8 Å². The van der Waals surface area contributed by atoms with Crippen LogP contribution in [0.15, 0.2) is 18.3 Å². The van der Waals surface area contributed by atoms with Gasteiger partial charge >= 0.3 is 6.18 Å². The number of aromatic nitrogens is 4. The number of carbonyl (C=O) groups excluding carboxylic acids is 1. The van der Waals surface area contributed by atoms with Crippen LogP contribution in [0.3, 0.4) is 0 Å². The maximum Gasteiger partial charge on any atom is 0.416 e. The van der Waals surface area contributed by atoms with E-state index in [0.29, 0.717) is 33.4 Å². The van der Waals surface area contributed by atoms with E-state index < -0.39 is 11.7 Å². The standard InChI is InChI=1S/C16H15F3N4O/c1-8(24)7-23-10(3)15(9(2)22-23)12-4-11(16(17,18)19)5-14-13(12)6-20-21-14/h4-6H,7H2,1-3H3,(H,20,21). The summed E-state index contributed by atoms with van der Waals surface area (Å²) in [6, 6.07) is 2.14. The fraction of sp³-hybridized carbons (Fsp3) is 0.312. The number of aromatic amines is 1. The monoisotopic (exact) mass is 336 g/mol. The van der Waals surface area contributed by atoms with Gasteiger partial charge in [0.25, 0.3) is 0 Å². The molecule has 0 aliphatic heterocycles. The van der Waals surface area contributed by atoms with Gasteiger partial charge in [-0.3, -0.25) is 14.6 Å². The Morgan fingerprint density at radius 3 is 2.62 bits per heavy atom. The number of rotatable bonds is 3. The van der Waals surface area contributed by atoms with Gasteiger partial charge in [0.1, 0.15) is 0 Å². The molecule has 0 bridgehead atoms. The van der Waals surface area contributed by atoms with Crippen molar-refractivity contribution >= 4 is 16.7 Å². The van der Waals surface area contributed by atoms with Gasteiger partial charge in [0, 0.05) is 16.6 Å². The van der Waals surface area contributed by atoms with Crippen LogP contribution in [0.2, 0.25) is 0 Å². The van der Waals surface area contributed by atoms with Crippen LogP contribution in [0.5, 0.6) is 0 Å². The van der Waals surface area contributed by atoms with Crippen molar-refractivity contribution in [3.05, 3.63) is 35.3 Å². The van der Waals surface area contributed by atoms with Crippen LogP contribution >= 0.6 is 0 Å². The highest BCUT2D eigenvalue weighted by Gasteiger charge is 2.32. The zero-order chi connectivity index (χ0) is 17.6. The summed E-state index contributed by atoms with van der Waals surface area (Å²) >= 11 is 0. The molecule has 1 N–H and O–H groups in total. The Morgan fingerprint density at radius 1 is 1.29 bits per heavy atom. The van der Waals surface area contributed by atoms with Gasteiger partial charge in [-0.2, -0.15) is 23.4 Å². The van der Waals surface area contributed by atoms with Gasteiger partial charge in [0.15, 0.2) is 5.78 Å². The lowest BCUT2D eigenvalue weighted by Gasteiger charge is -2.11. The van der Waals surface area contributed by atoms with E-state index in [1.165, 1.54) is 17.8 Å². The summed E-state index contributed by atoms with van der Waals surface area (Å²) in [7, 11) is 0. The summed E-state index contributed by atoms with van der Waals surface area (Å²) in [4.78, 5) is 11.4. The summed E-state index contributed by atoms with van der Waals surface area (Å²) in [5.74, 6) is -0.0790. The molecule has 3 rings (SSSR count). The van der Waals surface area contributed by atoms with Gasteiger partial charge in [-0.05, 0) is 38.5 Å². The van der Waals surface area contributed by atoms with Gasteiger partial charge in [-0.15, -0.1) is 0 Å². The van der Waals surface area contributed by atoms with E-state index in [1.54, 1.807) is 13.8 Å². The molecular formula is C16H15F3N4O. The molecule has 0 amide bonds. The van der Waals surface area contributed by atoms with E-state index in [2.05, 4.69) is 15.3 Å². The first kappa shape index (κ1) is 16.2. The van der Waals surface area contributed by atoms with Gasteiger partial charge in [-0.25, -0.2) is 0 Å². The number of Topliss-reactive ketones (excluding diaryl/α,β-unsaturated/α-hetero) is 1. The van der Waals surface area contributed by atoms with Crippen molar-refractivity contribution in [3.8, 4) is 11.1 Å². The van der Waals surface area contributed by atoms with Crippen molar-refractivity contribution in [1.82, 2.24) is 20.0 Å². The average Bonchev–Trinajstić information content (AvgIpc) is 3.02. The van der Waals surface area contributed by atoms with Crippen molar-refractivity contribution < 1.29 is 18.0 Å². The number of alkyl halides is 3. The molecular weight excluding hydrogens is 321 g/mol. The highest BCUT2D eigenvalue weighted by molar-refractivity contribution is 5.96. The minimum Gasteiger partial charge on any atom is -0.298 e. The Labute approximate surface area is 135 Å². The second kappa shape index (κ2) is 5.47. The first-order valence-corrected chi connectivity index (χ1v) is 7.26. The second-order valence-electron chi connectivity index (χ2n) is 5.76. The van der Waals surface area contributed by atoms with Crippen molar-refractivity contribution in [3.63, 3.8) is 0 Å². The molecule has 0 atom stereocenters. The molecule has 0 saturated heterocycles. The van der Waals surface area contributed by atoms with Crippen molar-refractivity contribution in [2.24, 2.45) is 0 Å². The highest BCUT2D eigenvalue weighted by Crippen LogP contribution is 2.38. The smallest absolute Gasteiger partial charge is 0.298 e. The number of halogens is 3. The van der Waals surface area contributed by atoms with E-state index in [4.69, 9.17) is 0 Å². The topological polar surface area (TPSA) is 63.6 Å². The number of ketones is 1. The first-order valence-electron chi connectivity index (χ1n) is 7.26. The Hall–Kier alpha value is -2.64. The van der Waals surface area contributed by atoms with Gasteiger partial charge < -0.3 is 0 Å². The van der Waals surface area contributed by atoms with E-state index in [-0.39, 0.29) is 12.3 Å². The number of hydrogen-bond acceptors (Lipinski definition) is 3. The number of H-pyrrole nitrogens is 1. The maximum absolute atomic E-state index is 13.2. The lowest BCUT2D eigenvalue weighted by molar-refractivity contribution is -0.137. The third-order valence-corrected chi connectivity index (χ3v) is 3.91. The van der Waals surface area contributed by atoms with E-state index in [1.807, 2.05) is 0 Å². The van der Waals surface area contributed by atoms with Crippen LogP contribution in [-0.2, 0) is 17.5 Å². The van der Waals surface area contributed by atoms with Crippen molar-refractivity contribution in [2.45, 2.75) is 33.5 Å². The predicted octanol–water partition coefficient (Wildman–Crippen LogP) is 3.65. The van der Waals surface area contributed by atoms with Crippen LogP contribution in [0.1, 0.15) is 23.9 Å². The molecule has 8 heteroatoms. The summed E-state index contributed by atoms with van der Waals surface area (Å²) < 4.78 is 41.1. The average molecular weight is 336 g/mol. The third-order valence-electron chi connectivity index (χ3n) is 3.91. The SMILES string of the molecule is CC(=O)Cn1nc(C)c(-c2cc(C(F)(F)F)cc3[nH]ncc23)c1C. The van der Waals surface area contributed by atoms with Crippen molar-refractivity contribution in [2.75, 3.05) is 0 Å². The summed E-state index contributed by atoms with van der Waals surface area (Å²) in [6.07, 6.45) is -2.97. The molecule has 0 unspecified atom stereocenters. The molecule has 1 aromatic carbocycles. The lowest BCUT2D eigenvalue weighted by Crippen LogP contribution is -2.09. The minimum absolute atomic E-state index is 0.0790. The number of hydrogen-bond donors (Lipinski definition) is 1. The molecule has 24 heavy (non-hydrogen) atoms. The molecule has 0 fully saturated rings. The second-order valence-corrected chi connectivity index (χ2v) is 5.76. The van der Waals surface area contributed by atoms with Crippen LogP contribution in [-0.4, -0.2) is 25.8 Å². The molecule has 0 radical (unpaired) electrons. The number of fused-ring (bicyclic) bond motifs is 1. The Bertz CT molecular complexity index is 937. The summed E-state index contributed by atoms with van der Waals surface area (Å²) in [5.41, 5.74) is 1.75. The van der Waals surface area contributed by atoms with E-state index >= 15 is 0 Å². The van der Waals surface area contributed by atoms with Crippen LogP contribution in [0.4, 0.5) is 13.2 Å². The molecule has 5 nitrogen and oxygen atoms in total. The van der Waals surface area contributed by atoms with E-state index in [9.17, 15) is 18.0 Å². The molecule has 0 aliphatic carbocycles. The van der Waals surface area contributed by atoms with Gasteiger partial charge in [0.05, 0.1) is 29.5 Å². The zero-order valence-corrected chi connectivity index (χ0v) is 13.3. The van der Waals surface area contributed by atoms with Crippen LogP contribution < -0.4 is 0 Å². The third kappa shape index (κ3) is 2.68.